The van der Waals surface area contributed by atoms with Crippen LogP contribution in [0.4, 0.5) is 0 Å². The third-order valence-electron chi connectivity index (χ3n) is 2.51. The average Bonchev–Trinajstić information content (AvgIpc) is 2.38. The summed E-state index contributed by atoms with van der Waals surface area (Å²) in [6.07, 6.45) is 2.85. The number of aromatic nitrogens is 1. The fraction of sp³-hybridized carbons (Fsp3) is 0.500. The molecule has 0 aromatic carbocycles. The normalized spacial score (nSPS) is 20.8. The van der Waals surface area contributed by atoms with Crippen LogP contribution in [0.5, 0.6) is 0 Å². The molecular formula is C10H14BrN3O3S. The number of rotatable bonds is 4. The molecule has 0 bridgehead atoms. The zero-order chi connectivity index (χ0) is 13.0. The first-order valence-corrected chi connectivity index (χ1v) is 7.77. The highest BCUT2D eigenvalue weighted by atomic mass is 79.9. The van der Waals surface area contributed by atoms with E-state index in [0.29, 0.717) is 24.2 Å². The molecule has 1 aromatic rings. The zero-order valence-corrected chi connectivity index (χ0v) is 12.0. The van der Waals surface area contributed by atoms with E-state index >= 15 is 0 Å². The Hall–Kier alpha value is -0.540. The first kappa shape index (κ1) is 13.9. The summed E-state index contributed by atoms with van der Waals surface area (Å²) in [7, 11) is -3.52. The lowest BCUT2D eigenvalue weighted by Crippen LogP contribution is -2.48. The van der Waals surface area contributed by atoms with E-state index in [1.807, 2.05) is 0 Å². The second-order valence-electron chi connectivity index (χ2n) is 3.92. The molecule has 0 radical (unpaired) electrons. The number of ether oxygens (including phenoxy) is 1. The summed E-state index contributed by atoms with van der Waals surface area (Å²) in [5.41, 5.74) is 0. The van der Waals surface area contributed by atoms with Crippen molar-refractivity contribution in [2.75, 3.05) is 26.3 Å². The third kappa shape index (κ3) is 3.72. The fourth-order valence-corrected chi connectivity index (χ4v) is 3.17. The maximum absolute atomic E-state index is 12.0. The highest BCUT2D eigenvalue weighted by molar-refractivity contribution is 9.10. The Bertz CT molecular complexity index is 503. The first-order chi connectivity index (χ1) is 8.58. The maximum atomic E-state index is 12.0. The predicted octanol–water partition coefficient (Wildman–Crippen LogP) is 0.111. The number of pyridine rings is 1. The van der Waals surface area contributed by atoms with Crippen molar-refractivity contribution in [2.45, 2.75) is 10.9 Å². The van der Waals surface area contributed by atoms with Gasteiger partial charge < -0.3 is 10.1 Å². The van der Waals surface area contributed by atoms with Crippen molar-refractivity contribution < 1.29 is 13.2 Å². The summed E-state index contributed by atoms with van der Waals surface area (Å²) in [5.74, 6) is 0. The molecule has 0 amide bonds. The van der Waals surface area contributed by atoms with E-state index in [4.69, 9.17) is 4.74 Å². The Balaban J connectivity index is 1.98. The van der Waals surface area contributed by atoms with Crippen LogP contribution >= 0.6 is 15.9 Å². The van der Waals surface area contributed by atoms with Gasteiger partial charge in [-0.05, 0) is 22.0 Å². The lowest BCUT2D eigenvalue weighted by Gasteiger charge is -2.23. The Morgan fingerprint density at radius 3 is 3.06 bits per heavy atom. The second-order valence-corrected chi connectivity index (χ2v) is 6.60. The Morgan fingerprint density at radius 1 is 1.56 bits per heavy atom. The van der Waals surface area contributed by atoms with E-state index in [1.54, 1.807) is 0 Å². The van der Waals surface area contributed by atoms with Crippen LogP contribution in [0.25, 0.3) is 0 Å². The van der Waals surface area contributed by atoms with Crippen LogP contribution < -0.4 is 10.0 Å². The number of hydrogen-bond donors (Lipinski definition) is 2. The SMILES string of the molecule is O=S(=O)(NCC1COCCN1)c1cncc(Br)c1. The van der Waals surface area contributed by atoms with Crippen molar-refractivity contribution in [3.05, 3.63) is 22.9 Å². The van der Waals surface area contributed by atoms with Crippen molar-refractivity contribution in [2.24, 2.45) is 0 Å². The van der Waals surface area contributed by atoms with Crippen LogP contribution in [0, 0.1) is 0 Å². The molecule has 2 heterocycles. The summed E-state index contributed by atoms with van der Waals surface area (Å²) >= 11 is 3.20. The minimum absolute atomic E-state index is 0.00800. The highest BCUT2D eigenvalue weighted by Crippen LogP contribution is 2.13. The van der Waals surface area contributed by atoms with Crippen molar-refractivity contribution >= 4 is 26.0 Å². The van der Waals surface area contributed by atoms with E-state index < -0.39 is 10.0 Å². The van der Waals surface area contributed by atoms with Crippen LogP contribution in [0.15, 0.2) is 27.8 Å². The second kappa shape index (κ2) is 6.07. The molecule has 0 aliphatic carbocycles. The molecule has 1 aromatic heterocycles. The van der Waals surface area contributed by atoms with Crippen LogP contribution in [0.3, 0.4) is 0 Å². The number of sulfonamides is 1. The molecule has 1 atom stereocenters. The summed E-state index contributed by atoms with van der Waals surface area (Å²) < 4.78 is 32.4. The third-order valence-corrected chi connectivity index (χ3v) is 4.33. The fourth-order valence-electron chi connectivity index (χ4n) is 1.58. The van der Waals surface area contributed by atoms with Gasteiger partial charge in [0.25, 0.3) is 0 Å². The van der Waals surface area contributed by atoms with Gasteiger partial charge in [0.1, 0.15) is 4.90 Å². The van der Waals surface area contributed by atoms with Gasteiger partial charge in [0.15, 0.2) is 0 Å². The largest absolute Gasteiger partial charge is 0.378 e. The Morgan fingerprint density at radius 2 is 2.39 bits per heavy atom. The molecule has 8 heteroatoms. The average molecular weight is 336 g/mol. The van der Waals surface area contributed by atoms with Crippen molar-refractivity contribution in [3.8, 4) is 0 Å². The van der Waals surface area contributed by atoms with Crippen molar-refractivity contribution in [1.29, 1.82) is 0 Å². The van der Waals surface area contributed by atoms with E-state index in [2.05, 4.69) is 31.0 Å². The van der Waals surface area contributed by atoms with E-state index in [-0.39, 0.29) is 10.9 Å². The summed E-state index contributed by atoms with van der Waals surface area (Å²) in [6.45, 7) is 2.22. The number of morpholine rings is 1. The number of nitrogens with one attached hydrogen (secondary N) is 2. The van der Waals surface area contributed by atoms with Gasteiger partial charge in [-0.3, -0.25) is 4.98 Å². The molecule has 1 aliphatic heterocycles. The van der Waals surface area contributed by atoms with E-state index in [9.17, 15) is 8.42 Å². The Kier molecular flexibility index (Phi) is 4.68. The molecule has 0 spiro atoms. The van der Waals surface area contributed by atoms with Crippen molar-refractivity contribution in [1.82, 2.24) is 15.0 Å². The number of halogens is 1. The topological polar surface area (TPSA) is 80.3 Å². The van der Waals surface area contributed by atoms with E-state index in [0.717, 1.165) is 6.54 Å². The first-order valence-electron chi connectivity index (χ1n) is 5.49. The monoisotopic (exact) mass is 335 g/mol. The molecular weight excluding hydrogens is 322 g/mol. The van der Waals surface area contributed by atoms with Crippen molar-refractivity contribution in [3.63, 3.8) is 0 Å². The predicted molar refractivity (Wildman–Crippen MR) is 69.7 cm³/mol. The van der Waals surface area contributed by atoms with Crippen LogP contribution in [0.2, 0.25) is 0 Å². The van der Waals surface area contributed by atoms with Gasteiger partial charge in [0.2, 0.25) is 10.0 Å². The molecule has 2 rings (SSSR count). The molecule has 1 unspecified atom stereocenters. The molecule has 100 valence electrons. The van der Waals surface area contributed by atoms with Gasteiger partial charge in [0.05, 0.1) is 13.2 Å². The quantitative estimate of drug-likeness (QED) is 0.816. The van der Waals surface area contributed by atoms with Gasteiger partial charge in [0, 0.05) is 36.0 Å². The minimum Gasteiger partial charge on any atom is -0.378 e. The number of hydrogen-bond acceptors (Lipinski definition) is 5. The smallest absolute Gasteiger partial charge is 0.242 e. The molecule has 1 fully saturated rings. The van der Waals surface area contributed by atoms with Gasteiger partial charge in [-0.15, -0.1) is 0 Å². The van der Waals surface area contributed by atoms with Crippen LogP contribution in [-0.4, -0.2) is 45.7 Å². The standard InChI is InChI=1S/C10H14BrN3O3S/c11-8-3-10(6-12-4-8)18(15,16)14-5-9-7-17-2-1-13-9/h3-4,6,9,13-14H,1-2,5,7H2. The summed E-state index contributed by atoms with van der Waals surface area (Å²) in [5, 5.41) is 3.18. The summed E-state index contributed by atoms with van der Waals surface area (Å²) in [4.78, 5) is 3.99. The van der Waals surface area contributed by atoms with E-state index in [1.165, 1.54) is 18.5 Å². The molecule has 0 saturated carbocycles. The molecule has 18 heavy (non-hydrogen) atoms. The molecule has 1 aliphatic rings. The maximum Gasteiger partial charge on any atom is 0.242 e. The van der Waals surface area contributed by atoms with Crippen LogP contribution in [-0.2, 0) is 14.8 Å². The van der Waals surface area contributed by atoms with Gasteiger partial charge in [-0.2, -0.15) is 0 Å². The lowest BCUT2D eigenvalue weighted by molar-refractivity contribution is 0.0784. The zero-order valence-electron chi connectivity index (χ0n) is 9.60. The number of nitrogens with zero attached hydrogens (tertiary/aromatic N) is 1. The molecule has 2 N–H and O–H groups in total. The molecule has 1 saturated heterocycles. The minimum atomic E-state index is -3.52. The van der Waals surface area contributed by atoms with Gasteiger partial charge >= 0.3 is 0 Å². The van der Waals surface area contributed by atoms with Gasteiger partial charge in [-0.1, -0.05) is 0 Å². The summed E-state index contributed by atoms with van der Waals surface area (Å²) in [6, 6.07) is 1.52. The Labute approximate surface area is 114 Å². The van der Waals surface area contributed by atoms with Crippen LogP contribution in [0.1, 0.15) is 0 Å². The highest BCUT2D eigenvalue weighted by Gasteiger charge is 2.19. The van der Waals surface area contributed by atoms with Gasteiger partial charge in [-0.25, -0.2) is 13.1 Å². The molecule has 6 nitrogen and oxygen atoms in total. The lowest BCUT2D eigenvalue weighted by atomic mass is 10.3.